The van der Waals surface area contributed by atoms with Crippen molar-refractivity contribution in [2.75, 3.05) is 19.0 Å². The van der Waals surface area contributed by atoms with Gasteiger partial charge in [0.15, 0.2) is 11.4 Å². The lowest BCUT2D eigenvalue weighted by Gasteiger charge is -2.09. The molecule has 0 aliphatic rings. The predicted molar refractivity (Wildman–Crippen MR) is 141 cm³/mol. The van der Waals surface area contributed by atoms with Crippen molar-refractivity contribution in [3.05, 3.63) is 67.8 Å². The van der Waals surface area contributed by atoms with Crippen LogP contribution in [-0.2, 0) is 11.8 Å². The van der Waals surface area contributed by atoms with Gasteiger partial charge >= 0.3 is 5.97 Å². The lowest BCUT2D eigenvalue weighted by Crippen LogP contribution is -2.24. The molecule has 0 radical (unpaired) electrons. The van der Waals surface area contributed by atoms with Crippen LogP contribution in [-0.4, -0.2) is 50.1 Å². The summed E-state index contributed by atoms with van der Waals surface area (Å²) in [6, 6.07) is 8.90. The van der Waals surface area contributed by atoms with Crippen molar-refractivity contribution in [1.82, 2.24) is 15.2 Å². The smallest absolute Gasteiger partial charge is 0.344 e. The highest BCUT2D eigenvalue weighted by Gasteiger charge is 2.22. The van der Waals surface area contributed by atoms with Crippen LogP contribution >= 0.6 is 35.4 Å². The number of nitrogens with one attached hydrogen (secondary N) is 2. The van der Waals surface area contributed by atoms with Gasteiger partial charge in [0.25, 0.3) is 5.69 Å². The molecule has 14 heteroatoms. The zero-order chi connectivity index (χ0) is 26.6. The van der Waals surface area contributed by atoms with Gasteiger partial charge < -0.3 is 20.6 Å². The van der Waals surface area contributed by atoms with Gasteiger partial charge in [0.05, 0.1) is 34.3 Å². The van der Waals surface area contributed by atoms with Gasteiger partial charge in [-0.2, -0.15) is 10.2 Å². The minimum atomic E-state index is -0.817. The number of nitrogens with zero attached hydrogens (tertiary/aromatic N) is 4. The molecule has 11 nitrogen and oxygen atoms in total. The summed E-state index contributed by atoms with van der Waals surface area (Å²) in [4.78, 5) is 22.6. The summed E-state index contributed by atoms with van der Waals surface area (Å²) in [5, 5.41) is 34.2. The van der Waals surface area contributed by atoms with Crippen LogP contribution < -0.4 is 10.7 Å². The minimum absolute atomic E-state index is 0.0759. The molecule has 1 heterocycles. The Morgan fingerprint density at radius 3 is 2.64 bits per heavy atom. The number of carbonyl (C=O) groups excluding carboxylic acids is 1. The number of aromatic nitrogens is 2. The Morgan fingerprint density at radius 1 is 1.28 bits per heavy atom. The van der Waals surface area contributed by atoms with Crippen LogP contribution in [0.3, 0.4) is 0 Å². The number of aromatic hydroxyl groups is 1. The standard InChI is InChI=1S/C22H20Cl2N6O5S/c1-11(19-21(31)20(29(2)28-19)12-4-7-15(23)16(24)8-12)27-25-10-18(36)26-13-5-6-14(22(32)35-3)17(9-13)30(33)34/h4-9,25,31H,10H2,1-3H3,(H,26,36). The van der Waals surface area contributed by atoms with Crippen LogP contribution in [0.25, 0.3) is 11.3 Å². The van der Waals surface area contributed by atoms with E-state index < -0.39 is 16.6 Å². The van der Waals surface area contributed by atoms with E-state index in [4.69, 9.17) is 35.4 Å². The van der Waals surface area contributed by atoms with Crippen LogP contribution in [0.5, 0.6) is 5.75 Å². The van der Waals surface area contributed by atoms with Crippen molar-refractivity contribution in [2.24, 2.45) is 12.1 Å². The highest BCUT2D eigenvalue weighted by atomic mass is 35.5. The van der Waals surface area contributed by atoms with E-state index in [9.17, 15) is 20.0 Å². The molecule has 0 aliphatic carbocycles. The largest absolute Gasteiger partial charge is 0.504 e. The number of carbonyl (C=O) groups is 1. The molecule has 3 aromatic rings. The second-order valence-electron chi connectivity index (χ2n) is 7.36. The summed E-state index contributed by atoms with van der Waals surface area (Å²) in [6.45, 7) is 1.73. The summed E-state index contributed by atoms with van der Waals surface area (Å²) in [7, 11) is 2.81. The second kappa shape index (κ2) is 11.3. The molecule has 0 amide bonds. The summed E-state index contributed by atoms with van der Waals surface area (Å²) < 4.78 is 6.06. The van der Waals surface area contributed by atoms with E-state index in [1.165, 1.54) is 22.9 Å². The van der Waals surface area contributed by atoms with Crippen molar-refractivity contribution in [3.8, 4) is 17.0 Å². The van der Waals surface area contributed by atoms with Crippen LogP contribution in [0, 0.1) is 10.1 Å². The Hall–Kier alpha value is -3.74. The first-order valence-corrected chi connectivity index (χ1v) is 11.3. The summed E-state index contributed by atoms with van der Waals surface area (Å²) in [5.74, 6) is -0.903. The van der Waals surface area contributed by atoms with Gasteiger partial charge in [-0.05, 0) is 31.2 Å². The highest BCUT2D eigenvalue weighted by molar-refractivity contribution is 7.80. The number of methoxy groups -OCH3 is 1. The minimum Gasteiger partial charge on any atom is -0.504 e. The van der Waals surface area contributed by atoms with Crippen molar-refractivity contribution in [3.63, 3.8) is 0 Å². The second-order valence-corrected chi connectivity index (χ2v) is 8.67. The third-order valence-corrected chi connectivity index (χ3v) is 5.91. The quantitative estimate of drug-likeness (QED) is 0.121. The molecular weight excluding hydrogens is 531 g/mol. The number of halogens is 2. The Kier molecular flexibility index (Phi) is 8.45. The maximum absolute atomic E-state index is 11.7. The molecule has 0 spiro atoms. The fourth-order valence-corrected chi connectivity index (χ4v) is 3.74. The topological polar surface area (TPSA) is 144 Å². The number of hydrogen-bond acceptors (Lipinski definition) is 9. The number of anilines is 1. The average Bonchev–Trinajstić information content (AvgIpc) is 3.14. The van der Waals surface area contributed by atoms with E-state index in [0.29, 0.717) is 32.7 Å². The lowest BCUT2D eigenvalue weighted by atomic mass is 10.1. The van der Waals surface area contributed by atoms with Gasteiger partial charge in [-0.3, -0.25) is 14.8 Å². The Balaban J connectivity index is 1.70. The molecular formula is C22H20Cl2N6O5S. The number of hydrogen-bond donors (Lipinski definition) is 3. The third kappa shape index (κ3) is 5.90. The Bertz CT molecular complexity index is 1390. The summed E-state index contributed by atoms with van der Waals surface area (Å²) in [6.07, 6.45) is 0. The molecule has 0 saturated heterocycles. The molecule has 0 atom stereocenters. The maximum atomic E-state index is 11.7. The summed E-state index contributed by atoms with van der Waals surface area (Å²) >= 11 is 17.3. The van der Waals surface area contributed by atoms with Crippen molar-refractivity contribution in [2.45, 2.75) is 6.92 Å². The van der Waals surface area contributed by atoms with Gasteiger partial charge in [-0.1, -0.05) is 41.5 Å². The molecule has 3 N–H and O–H groups in total. The van der Waals surface area contributed by atoms with Gasteiger partial charge in [-0.25, -0.2) is 4.79 Å². The van der Waals surface area contributed by atoms with E-state index in [2.05, 4.69) is 25.7 Å². The first-order chi connectivity index (χ1) is 17.0. The Morgan fingerprint density at radius 2 is 2.00 bits per heavy atom. The molecule has 188 valence electrons. The Labute approximate surface area is 220 Å². The molecule has 0 bridgehead atoms. The van der Waals surface area contributed by atoms with Gasteiger partial charge in [0.2, 0.25) is 0 Å². The first-order valence-electron chi connectivity index (χ1n) is 10.2. The molecule has 36 heavy (non-hydrogen) atoms. The lowest BCUT2D eigenvalue weighted by molar-refractivity contribution is -0.385. The van der Waals surface area contributed by atoms with Crippen LogP contribution in [0.4, 0.5) is 11.4 Å². The number of thiocarbonyl (C=S) groups is 1. The van der Waals surface area contributed by atoms with Gasteiger partial charge in [-0.15, -0.1) is 0 Å². The van der Waals surface area contributed by atoms with Crippen LogP contribution in [0.1, 0.15) is 23.0 Å². The van der Waals surface area contributed by atoms with E-state index in [1.807, 2.05) is 0 Å². The number of nitro groups is 1. The van der Waals surface area contributed by atoms with Gasteiger partial charge in [0.1, 0.15) is 16.2 Å². The number of nitro benzene ring substituents is 1. The SMILES string of the molecule is COC(=O)c1ccc(NC(=S)CNN=C(C)c2nn(C)c(-c3ccc(Cl)c(Cl)c3)c2O)cc1[N+](=O)[O-]. The van der Waals surface area contributed by atoms with Crippen LogP contribution in [0.2, 0.25) is 10.0 Å². The van der Waals surface area contributed by atoms with Crippen molar-refractivity contribution >= 4 is 63.5 Å². The zero-order valence-electron chi connectivity index (χ0n) is 19.2. The number of aryl methyl sites for hydroxylation is 1. The average molecular weight is 551 g/mol. The number of benzene rings is 2. The maximum Gasteiger partial charge on any atom is 0.344 e. The van der Waals surface area contributed by atoms with Crippen LogP contribution in [0.15, 0.2) is 41.5 Å². The normalized spacial score (nSPS) is 11.2. The fourth-order valence-electron chi connectivity index (χ4n) is 3.25. The monoisotopic (exact) mass is 550 g/mol. The zero-order valence-corrected chi connectivity index (χ0v) is 21.5. The molecule has 0 fully saturated rings. The van der Waals surface area contributed by atoms with E-state index in [1.54, 1.807) is 32.2 Å². The molecule has 0 saturated carbocycles. The number of esters is 1. The first kappa shape index (κ1) is 26.9. The van der Waals surface area contributed by atoms with Gasteiger partial charge in [0, 0.05) is 24.4 Å². The molecule has 0 aliphatic heterocycles. The third-order valence-electron chi connectivity index (χ3n) is 4.93. The molecule has 2 aromatic carbocycles. The number of hydrazone groups is 1. The van der Waals surface area contributed by atoms with E-state index in [0.717, 1.165) is 7.11 Å². The van der Waals surface area contributed by atoms with E-state index >= 15 is 0 Å². The highest BCUT2D eigenvalue weighted by Crippen LogP contribution is 2.35. The predicted octanol–water partition coefficient (Wildman–Crippen LogP) is 4.55. The number of rotatable bonds is 8. The molecule has 1 aromatic heterocycles. The fraction of sp³-hybridized carbons (Fsp3) is 0.182. The van der Waals surface area contributed by atoms with E-state index in [-0.39, 0.29) is 28.5 Å². The summed E-state index contributed by atoms with van der Waals surface area (Å²) in [5.41, 5.74) is 4.19. The van der Waals surface area contributed by atoms with Crippen molar-refractivity contribution in [1.29, 1.82) is 0 Å². The molecule has 3 rings (SSSR count). The molecule has 0 unspecified atom stereocenters. The van der Waals surface area contributed by atoms with Crippen molar-refractivity contribution < 1.29 is 19.6 Å². The number of ether oxygens (including phenoxy) is 1.